The maximum Gasteiger partial charge on any atom is 0.380 e. The maximum atomic E-state index is 12.3. The Hall–Kier alpha value is -0.830. The zero-order valence-corrected chi connectivity index (χ0v) is 10.5. The van der Waals surface area contributed by atoms with E-state index in [0.717, 1.165) is 0 Å². The van der Waals surface area contributed by atoms with Crippen LogP contribution in [-0.4, -0.2) is 18.8 Å². The lowest BCUT2D eigenvalue weighted by molar-refractivity contribution is 0.209. The minimum atomic E-state index is -3.12. The van der Waals surface area contributed by atoms with Crippen molar-refractivity contribution in [2.75, 3.05) is 12.7 Å². The Morgan fingerprint density at radius 1 is 1.31 bits per heavy atom. The van der Waals surface area contributed by atoms with Crippen LogP contribution in [0.5, 0.6) is 5.75 Å². The van der Waals surface area contributed by atoms with Gasteiger partial charge in [0.15, 0.2) is 0 Å². The van der Waals surface area contributed by atoms with E-state index in [2.05, 4.69) is 0 Å². The molecule has 0 aliphatic heterocycles. The van der Waals surface area contributed by atoms with E-state index in [0.29, 0.717) is 5.75 Å². The van der Waals surface area contributed by atoms with Gasteiger partial charge in [-0.3, -0.25) is 4.52 Å². The summed E-state index contributed by atoms with van der Waals surface area (Å²) in [4.78, 5) is 0. The van der Waals surface area contributed by atoms with E-state index in [1.165, 1.54) is 0 Å². The Balaban J connectivity index is 2.75. The molecule has 2 N–H and O–H groups in total. The Bertz CT molecular complexity index is 354. The number of para-hydroxylation sites is 1. The zero-order chi connectivity index (χ0) is 12.0. The van der Waals surface area contributed by atoms with Crippen molar-refractivity contribution in [3.8, 4) is 5.75 Å². The van der Waals surface area contributed by atoms with Crippen LogP contribution in [0.2, 0.25) is 0 Å². The molecule has 0 radical (unpaired) electrons. The van der Waals surface area contributed by atoms with E-state index < -0.39 is 7.60 Å². The summed E-state index contributed by atoms with van der Waals surface area (Å²) < 4.78 is 23.0. The number of rotatable bonds is 6. The van der Waals surface area contributed by atoms with Crippen molar-refractivity contribution in [3.05, 3.63) is 30.3 Å². The second-order valence-electron chi connectivity index (χ2n) is 3.68. The van der Waals surface area contributed by atoms with Gasteiger partial charge in [-0.25, -0.2) is 4.57 Å². The SMILES string of the molecule is CC(C)OP(=O)(CCN)Oc1ccccc1. The molecule has 5 heteroatoms. The lowest BCUT2D eigenvalue weighted by Gasteiger charge is -2.20. The predicted molar refractivity (Wildman–Crippen MR) is 64.8 cm³/mol. The summed E-state index contributed by atoms with van der Waals surface area (Å²) in [5, 5.41) is 0. The molecule has 0 saturated carbocycles. The van der Waals surface area contributed by atoms with Gasteiger partial charge in [0.1, 0.15) is 5.75 Å². The molecule has 1 unspecified atom stereocenters. The molecule has 1 atom stereocenters. The molecule has 0 amide bonds. The van der Waals surface area contributed by atoms with Crippen molar-refractivity contribution in [1.82, 2.24) is 0 Å². The second kappa shape index (κ2) is 6.04. The van der Waals surface area contributed by atoms with Crippen LogP contribution < -0.4 is 10.3 Å². The van der Waals surface area contributed by atoms with Gasteiger partial charge in [-0.15, -0.1) is 0 Å². The van der Waals surface area contributed by atoms with Gasteiger partial charge in [0, 0.05) is 6.54 Å². The van der Waals surface area contributed by atoms with Crippen molar-refractivity contribution >= 4 is 7.60 Å². The van der Waals surface area contributed by atoms with Crippen LogP contribution in [0.4, 0.5) is 0 Å². The monoisotopic (exact) mass is 243 g/mol. The second-order valence-corrected chi connectivity index (χ2v) is 5.74. The van der Waals surface area contributed by atoms with Gasteiger partial charge in [0.25, 0.3) is 0 Å². The van der Waals surface area contributed by atoms with Crippen LogP contribution >= 0.6 is 7.60 Å². The van der Waals surface area contributed by atoms with Gasteiger partial charge in [0.2, 0.25) is 0 Å². The van der Waals surface area contributed by atoms with Crippen LogP contribution in [0, 0.1) is 0 Å². The lowest BCUT2D eigenvalue weighted by Crippen LogP contribution is -2.13. The minimum Gasteiger partial charge on any atom is -0.424 e. The molecule has 0 aromatic heterocycles. The first-order valence-corrected chi connectivity index (χ1v) is 7.01. The third-order valence-electron chi connectivity index (χ3n) is 1.76. The first-order chi connectivity index (χ1) is 7.56. The predicted octanol–water partition coefficient (Wildman–Crippen LogP) is 2.64. The Kier molecular flexibility index (Phi) is 5.00. The molecule has 0 aliphatic carbocycles. The molecule has 0 heterocycles. The fraction of sp³-hybridized carbons (Fsp3) is 0.455. The standard InChI is InChI=1S/C11H18NO3P/c1-10(2)14-16(13,9-8-12)15-11-6-4-3-5-7-11/h3-7,10H,8-9,12H2,1-2H3. The average Bonchev–Trinajstić information content (AvgIpc) is 2.17. The highest BCUT2D eigenvalue weighted by molar-refractivity contribution is 7.54. The van der Waals surface area contributed by atoms with E-state index in [1.54, 1.807) is 12.1 Å². The van der Waals surface area contributed by atoms with Crippen LogP contribution in [-0.2, 0) is 9.09 Å². The molecule has 0 aliphatic rings. The molecular weight excluding hydrogens is 225 g/mol. The highest BCUT2D eigenvalue weighted by Crippen LogP contribution is 2.48. The molecule has 1 aromatic rings. The Labute approximate surface area is 96.3 Å². The maximum absolute atomic E-state index is 12.3. The third kappa shape index (κ3) is 4.35. The van der Waals surface area contributed by atoms with Gasteiger partial charge in [-0.05, 0) is 26.0 Å². The summed E-state index contributed by atoms with van der Waals surface area (Å²) in [7, 11) is -3.12. The number of hydrogen-bond acceptors (Lipinski definition) is 4. The van der Waals surface area contributed by atoms with Crippen LogP contribution in [0.1, 0.15) is 13.8 Å². The summed E-state index contributed by atoms with van der Waals surface area (Å²) in [6.45, 7) is 3.91. The van der Waals surface area contributed by atoms with Crippen LogP contribution in [0.15, 0.2) is 30.3 Å². The molecule has 0 saturated heterocycles. The Morgan fingerprint density at radius 2 is 1.94 bits per heavy atom. The largest absolute Gasteiger partial charge is 0.424 e. The molecule has 1 rings (SSSR count). The molecule has 1 aromatic carbocycles. The first kappa shape index (κ1) is 13.2. The number of benzene rings is 1. The fourth-order valence-corrected chi connectivity index (χ4v) is 2.88. The van der Waals surface area contributed by atoms with E-state index in [1.807, 2.05) is 32.0 Å². The molecule has 0 fully saturated rings. The van der Waals surface area contributed by atoms with Gasteiger partial charge < -0.3 is 10.3 Å². The molecule has 0 bridgehead atoms. The molecular formula is C11H18NO3P. The summed E-state index contributed by atoms with van der Waals surface area (Å²) in [6, 6.07) is 8.98. The van der Waals surface area contributed by atoms with Crippen LogP contribution in [0.25, 0.3) is 0 Å². The molecule has 0 spiro atoms. The number of hydrogen-bond donors (Lipinski definition) is 1. The van der Waals surface area contributed by atoms with E-state index in [4.69, 9.17) is 14.8 Å². The van der Waals surface area contributed by atoms with Crippen LogP contribution in [0.3, 0.4) is 0 Å². The van der Waals surface area contributed by atoms with Gasteiger partial charge in [0.05, 0.1) is 12.3 Å². The molecule has 90 valence electrons. The fourth-order valence-electron chi connectivity index (χ4n) is 1.24. The summed E-state index contributed by atoms with van der Waals surface area (Å²) >= 11 is 0. The average molecular weight is 243 g/mol. The van der Waals surface area contributed by atoms with E-state index in [-0.39, 0.29) is 18.8 Å². The minimum absolute atomic E-state index is 0.152. The smallest absolute Gasteiger partial charge is 0.380 e. The summed E-state index contributed by atoms with van der Waals surface area (Å²) in [6.07, 6.45) is 0.0705. The van der Waals surface area contributed by atoms with Crippen molar-refractivity contribution < 1.29 is 13.6 Å². The van der Waals surface area contributed by atoms with Gasteiger partial charge in [-0.2, -0.15) is 0 Å². The zero-order valence-electron chi connectivity index (χ0n) is 9.63. The quantitative estimate of drug-likeness (QED) is 0.780. The van der Waals surface area contributed by atoms with Crippen molar-refractivity contribution in [1.29, 1.82) is 0 Å². The molecule has 4 nitrogen and oxygen atoms in total. The normalized spacial score (nSPS) is 14.8. The summed E-state index contributed by atoms with van der Waals surface area (Å²) in [5.74, 6) is 0.542. The third-order valence-corrected chi connectivity index (χ3v) is 3.80. The van der Waals surface area contributed by atoms with Crippen molar-refractivity contribution in [2.45, 2.75) is 20.0 Å². The Morgan fingerprint density at radius 3 is 2.44 bits per heavy atom. The summed E-state index contributed by atoms with van der Waals surface area (Å²) in [5.41, 5.74) is 5.41. The van der Waals surface area contributed by atoms with Crippen molar-refractivity contribution in [3.63, 3.8) is 0 Å². The highest BCUT2D eigenvalue weighted by atomic mass is 31.2. The van der Waals surface area contributed by atoms with E-state index in [9.17, 15) is 4.57 Å². The van der Waals surface area contributed by atoms with E-state index >= 15 is 0 Å². The van der Waals surface area contributed by atoms with Crippen molar-refractivity contribution in [2.24, 2.45) is 5.73 Å². The van der Waals surface area contributed by atoms with Gasteiger partial charge >= 0.3 is 7.60 Å². The number of nitrogens with two attached hydrogens (primary N) is 1. The highest BCUT2D eigenvalue weighted by Gasteiger charge is 2.26. The van der Waals surface area contributed by atoms with Gasteiger partial charge in [-0.1, -0.05) is 18.2 Å². The lowest BCUT2D eigenvalue weighted by atomic mass is 10.3. The first-order valence-electron chi connectivity index (χ1n) is 5.28. The molecule has 16 heavy (non-hydrogen) atoms. The topological polar surface area (TPSA) is 61.5 Å².